The number of carbonyl (C=O) groups is 1. The molecule has 2 aromatic carbocycles. The minimum Gasteiger partial charge on any atom is -0.417 e. The number of rotatable bonds is 8. The summed E-state index contributed by atoms with van der Waals surface area (Å²) in [6.07, 6.45) is 0.851. The number of nitrogens with zero attached hydrogens (tertiary/aromatic N) is 4. The van der Waals surface area contributed by atoms with Crippen molar-refractivity contribution in [2.24, 2.45) is 0 Å². The van der Waals surface area contributed by atoms with E-state index in [0.29, 0.717) is 6.54 Å². The second-order valence-corrected chi connectivity index (χ2v) is 8.06. The maximum absolute atomic E-state index is 13.9. The summed E-state index contributed by atoms with van der Waals surface area (Å²) in [5.41, 5.74) is 1.52. The first kappa shape index (κ1) is 22.2. The van der Waals surface area contributed by atoms with Crippen molar-refractivity contribution in [3.63, 3.8) is 0 Å². The van der Waals surface area contributed by atoms with Gasteiger partial charge in [0.05, 0.1) is 6.42 Å². The molecule has 32 heavy (non-hydrogen) atoms. The molecule has 4 rings (SSSR count). The molecule has 2 heterocycles. The van der Waals surface area contributed by atoms with Gasteiger partial charge >= 0.3 is 11.8 Å². The molecule has 0 spiro atoms. The first-order valence-electron chi connectivity index (χ1n) is 10.7. The van der Waals surface area contributed by atoms with Crippen molar-refractivity contribution in [3.8, 4) is 0 Å². The summed E-state index contributed by atoms with van der Waals surface area (Å²) in [5, 5.41) is 10.7. The van der Waals surface area contributed by atoms with E-state index in [4.69, 9.17) is 16.0 Å². The molecule has 1 saturated heterocycles. The summed E-state index contributed by atoms with van der Waals surface area (Å²) >= 11 is 6.02. The van der Waals surface area contributed by atoms with E-state index in [0.717, 1.165) is 39.1 Å². The Morgan fingerprint density at radius 3 is 2.59 bits per heavy atom. The molecule has 1 aliphatic heterocycles. The van der Waals surface area contributed by atoms with Crippen LogP contribution in [0.3, 0.4) is 0 Å². The monoisotopic (exact) mass is 457 g/mol. The van der Waals surface area contributed by atoms with Crippen LogP contribution in [0.4, 0.5) is 10.1 Å². The van der Waals surface area contributed by atoms with Crippen molar-refractivity contribution in [2.75, 3.05) is 44.2 Å². The smallest absolute Gasteiger partial charge is 0.308 e. The Kier molecular flexibility index (Phi) is 7.34. The molecule has 1 N–H and O–H groups in total. The number of benzene rings is 2. The van der Waals surface area contributed by atoms with Crippen LogP contribution in [0.1, 0.15) is 28.6 Å². The van der Waals surface area contributed by atoms with Gasteiger partial charge in [-0.3, -0.25) is 9.69 Å². The third kappa shape index (κ3) is 5.63. The molecule has 0 saturated carbocycles. The van der Waals surface area contributed by atoms with E-state index < -0.39 is 11.7 Å². The van der Waals surface area contributed by atoms with Crippen LogP contribution in [-0.4, -0.2) is 60.3 Å². The van der Waals surface area contributed by atoms with Gasteiger partial charge in [-0.25, -0.2) is 4.39 Å². The Hall–Kier alpha value is -2.97. The molecule has 168 valence electrons. The normalized spacial score (nSPS) is 14.5. The van der Waals surface area contributed by atoms with Crippen LogP contribution in [0.25, 0.3) is 0 Å². The lowest BCUT2D eigenvalue weighted by Gasteiger charge is -2.36. The van der Waals surface area contributed by atoms with Gasteiger partial charge in [-0.15, -0.1) is 10.2 Å². The fourth-order valence-electron chi connectivity index (χ4n) is 3.72. The van der Waals surface area contributed by atoms with Crippen LogP contribution in [0.15, 0.2) is 52.9 Å². The largest absolute Gasteiger partial charge is 0.417 e. The lowest BCUT2D eigenvalue weighted by atomic mass is 10.1. The molecule has 9 heteroatoms. The molecule has 0 aliphatic carbocycles. The van der Waals surface area contributed by atoms with Gasteiger partial charge in [-0.05, 0) is 37.2 Å². The standard InChI is InChI=1S/C23H25ClFN5O2/c24-19-8-4-9-20(25)18(19)16-21-27-28-23(32-21)22(31)26-10-5-11-29-12-14-30(15-13-29)17-6-2-1-3-7-17/h1-4,6-9H,5,10-16H2,(H,26,31). The molecular weight excluding hydrogens is 433 g/mol. The maximum atomic E-state index is 13.9. The van der Waals surface area contributed by atoms with Gasteiger partial charge in [0.1, 0.15) is 5.82 Å². The Bertz CT molecular complexity index is 1020. The van der Waals surface area contributed by atoms with Gasteiger partial charge < -0.3 is 14.6 Å². The molecule has 0 unspecified atom stereocenters. The number of piperazine rings is 1. The number of hydrogen-bond acceptors (Lipinski definition) is 6. The quantitative estimate of drug-likeness (QED) is 0.523. The number of para-hydroxylation sites is 1. The highest BCUT2D eigenvalue weighted by molar-refractivity contribution is 6.31. The van der Waals surface area contributed by atoms with Gasteiger partial charge in [-0.2, -0.15) is 0 Å². The van der Waals surface area contributed by atoms with Crippen LogP contribution in [-0.2, 0) is 6.42 Å². The average Bonchev–Trinajstić information content (AvgIpc) is 3.29. The second-order valence-electron chi connectivity index (χ2n) is 7.65. The number of amides is 1. The Labute approximate surface area is 191 Å². The molecular formula is C23H25ClFN5O2. The zero-order chi connectivity index (χ0) is 22.3. The van der Waals surface area contributed by atoms with Gasteiger partial charge in [-0.1, -0.05) is 35.9 Å². The molecule has 1 amide bonds. The average molecular weight is 458 g/mol. The van der Waals surface area contributed by atoms with Gasteiger partial charge in [0.15, 0.2) is 0 Å². The molecule has 0 radical (unpaired) electrons. The van der Waals surface area contributed by atoms with Crippen LogP contribution in [0, 0.1) is 5.82 Å². The third-order valence-corrected chi connectivity index (χ3v) is 5.84. The molecule has 1 aliphatic rings. The number of halogens is 2. The van der Waals surface area contributed by atoms with Crippen LogP contribution >= 0.6 is 11.6 Å². The van der Waals surface area contributed by atoms with Crippen molar-refractivity contribution in [1.82, 2.24) is 20.4 Å². The summed E-state index contributed by atoms with van der Waals surface area (Å²) in [4.78, 5) is 17.1. The number of carbonyl (C=O) groups excluding carboxylic acids is 1. The van der Waals surface area contributed by atoms with Crippen LogP contribution < -0.4 is 10.2 Å². The molecule has 0 bridgehead atoms. The highest BCUT2D eigenvalue weighted by Crippen LogP contribution is 2.22. The molecule has 1 fully saturated rings. The first-order valence-corrected chi connectivity index (χ1v) is 11.0. The molecule has 3 aromatic rings. The highest BCUT2D eigenvalue weighted by atomic mass is 35.5. The van der Waals surface area contributed by atoms with Gasteiger partial charge in [0.2, 0.25) is 5.89 Å². The summed E-state index contributed by atoms with van der Waals surface area (Å²) in [6, 6.07) is 14.9. The van der Waals surface area contributed by atoms with E-state index in [1.165, 1.54) is 17.8 Å². The summed E-state index contributed by atoms with van der Waals surface area (Å²) in [6.45, 7) is 5.39. The fourth-order valence-corrected chi connectivity index (χ4v) is 3.95. The second kappa shape index (κ2) is 10.6. The predicted molar refractivity (Wildman–Crippen MR) is 121 cm³/mol. The molecule has 0 atom stereocenters. The van der Waals surface area contributed by atoms with Crippen molar-refractivity contribution in [3.05, 3.63) is 76.7 Å². The van der Waals surface area contributed by atoms with E-state index in [9.17, 15) is 9.18 Å². The van der Waals surface area contributed by atoms with E-state index in [1.807, 2.05) is 6.07 Å². The van der Waals surface area contributed by atoms with E-state index >= 15 is 0 Å². The van der Waals surface area contributed by atoms with E-state index in [-0.39, 0.29) is 28.8 Å². The summed E-state index contributed by atoms with van der Waals surface area (Å²) in [7, 11) is 0. The SMILES string of the molecule is O=C(NCCCN1CCN(c2ccccc2)CC1)c1nnc(Cc2c(F)cccc2Cl)o1. The van der Waals surface area contributed by atoms with Gasteiger partial charge in [0.25, 0.3) is 0 Å². The zero-order valence-electron chi connectivity index (χ0n) is 17.6. The topological polar surface area (TPSA) is 74.5 Å². The van der Waals surface area contributed by atoms with Crippen LogP contribution in [0.2, 0.25) is 5.02 Å². The van der Waals surface area contributed by atoms with Gasteiger partial charge in [0, 0.05) is 49.0 Å². The van der Waals surface area contributed by atoms with Crippen molar-refractivity contribution in [2.45, 2.75) is 12.8 Å². The molecule has 1 aromatic heterocycles. The lowest BCUT2D eigenvalue weighted by Crippen LogP contribution is -2.47. The Morgan fingerprint density at radius 2 is 1.84 bits per heavy atom. The fraction of sp³-hybridized carbons (Fsp3) is 0.348. The highest BCUT2D eigenvalue weighted by Gasteiger charge is 2.19. The minimum atomic E-state index is -0.452. The molecule has 7 nitrogen and oxygen atoms in total. The Balaban J connectivity index is 1.18. The third-order valence-electron chi connectivity index (χ3n) is 5.48. The summed E-state index contributed by atoms with van der Waals surface area (Å²) in [5.74, 6) is -0.883. The maximum Gasteiger partial charge on any atom is 0.308 e. The number of hydrogen-bond donors (Lipinski definition) is 1. The first-order chi connectivity index (χ1) is 15.6. The number of anilines is 1. The van der Waals surface area contributed by atoms with Crippen molar-refractivity contribution < 1.29 is 13.6 Å². The Morgan fingerprint density at radius 1 is 1.06 bits per heavy atom. The van der Waals surface area contributed by atoms with Crippen molar-refractivity contribution in [1.29, 1.82) is 0 Å². The zero-order valence-corrected chi connectivity index (χ0v) is 18.4. The summed E-state index contributed by atoms with van der Waals surface area (Å²) < 4.78 is 19.3. The van der Waals surface area contributed by atoms with E-state index in [2.05, 4.69) is 49.6 Å². The number of aromatic nitrogens is 2. The van der Waals surface area contributed by atoms with Crippen molar-refractivity contribution >= 4 is 23.2 Å². The minimum absolute atomic E-state index is 0.0285. The van der Waals surface area contributed by atoms with E-state index in [1.54, 1.807) is 6.07 Å². The number of nitrogens with one attached hydrogen (secondary N) is 1. The lowest BCUT2D eigenvalue weighted by molar-refractivity contribution is 0.0915. The predicted octanol–water partition coefficient (Wildman–Crippen LogP) is 3.40. The van der Waals surface area contributed by atoms with Crippen LogP contribution in [0.5, 0.6) is 0 Å².